The summed E-state index contributed by atoms with van der Waals surface area (Å²) in [4.78, 5) is 26.7. The van der Waals surface area contributed by atoms with E-state index in [1.807, 2.05) is 54.3 Å². The third-order valence-electron chi connectivity index (χ3n) is 5.24. The summed E-state index contributed by atoms with van der Waals surface area (Å²) >= 11 is 0. The zero-order valence-corrected chi connectivity index (χ0v) is 16.0. The fourth-order valence-electron chi connectivity index (χ4n) is 3.62. The van der Waals surface area contributed by atoms with Gasteiger partial charge in [-0.3, -0.25) is 9.36 Å². The Hall–Kier alpha value is -2.86. The first-order valence-corrected chi connectivity index (χ1v) is 9.63. The number of likely N-dealkylation sites (tertiary alicyclic amines) is 1. The SMILES string of the molecule is Cc1ccc2oc(=O)n(CC(=O)N3CCC(OCc4ccccc4)CC3)c2c1. The van der Waals surface area contributed by atoms with Gasteiger partial charge in [-0.1, -0.05) is 36.4 Å². The van der Waals surface area contributed by atoms with Gasteiger partial charge in [-0.05, 0) is 43.0 Å². The largest absolute Gasteiger partial charge is 0.420 e. The Labute approximate surface area is 163 Å². The van der Waals surface area contributed by atoms with Crippen LogP contribution < -0.4 is 5.76 Å². The number of nitrogens with zero attached hydrogens (tertiary/aromatic N) is 2. The van der Waals surface area contributed by atoms with E-state index in [9.17, 15) is 9.59 Å². The summed E-state index contributed by atoms with van der Waals surface area (Å²) in [7, 11) is 0. The van der Waals surface area contributed by atoms with Crippen molar-refractivity contribution in [2.45, 2.75) is 39.0 Å². The van der Waals surface area contributed by atoms with Crippen molar-refractivity contribution in [2.24, 2.45) is 0 Å². The first-order valence-electron chi connectivity index (χ1n) is 9.63. The Balaban J connectivity index is 1.34. The molecule has 0 radical (unpaired) electrons. The molecule has 0 spiro atoms. The van der Waals surface area contributed by atoms with Gasteiger partial charge < -0.3 is 14.1 Å². The molecule has 146 valence electrons. The van der Waals surface area contributed by atoms with E-state index in [1.54, 1.807) is 6.07 Å². The van der Waals surface area contributed by atoms with Crippen molar-refractivity contribution < 1.29 is 13.9 Å². The van der Waals surface area contributed by atoms with Crippen molar-refractivity contribution in [3.05, 3.63) is 70.2 Å². The van der Waals surface area contributed by atoms with Gasteiger partial charge in [0.25, 0.3) is 0 Å². The van der Waals surface area contributed by atoms with Gasteiger partial charge in [-0.25, -0.2) is 4.79 Å². The average molecular weight is 380 g/mol. The Kier molecular flexibility index (Phi) is 5.30. The number of oxazole rings is 1. The van der Waals surface area contributed by atoms with E-state index in [0.29, 0.717) is 30.8 Å². The fourth-order valence-corrected chi connectivity index (χ4v) is 3.62. The molecule has 0 atom stereocenters. The molecular formula is C22H24N2O4. The summed E-state index contributed by atoms with van der Waals surface area (Å²) in [6.45, 7) is 3.83. The van der Waals surface area contributed by atoms with Gasteiger partial charge in [0.05, 0.1) is 18.2 Å². The van der Waals surface area contributed by atoms with Crippen molar-refractivity contribution >= 4 is 17.0 Å². The number of hydrogen-bond acceptors (Lipinski definition) is 4. The lowest BCUT2D eigenvalue weighted by molar-refractivity contribution is -0.134. The molecule has 0 saturated carbocycles. The van der Waals surface area contributed by atoms with Crippen LogP contribution in [0, 0.1) is 6.92 Å². The van der Waals surface area contributed by atoms with Crippen LogP contribution in [0.2, 0.25) is 0 Å². The van der Waals surface area contributed by atoms with E-state index < -0.39 is 5.76 Å². The molecular weight excluding hydrogens is 356 g/mol. The number of benzene rings is 2. The van der Waals surface area contributed by atoms with E-state index in [-0.39, 0.29) is 18.6 Å². The standard InChI is InChI=1S/C22H24N2O4/c1-16-7-8-20-19(13-16)24(22(26)28-20)14-21(25)23-11-9-18(10-12-23)27-15-17-5-3-2-4-6-17/h2-8,13,18H,9-12,14-15H2,1H3. The van der Waals surface area contributed by atoms with Crippen LogP contribution in [0.5, 0.6) is 0 Å². The van der Waals surface area contributed by atoms with Crippen LogP contribution >= 0.6 is 0 Å². The molecule has 28 heavy (non-hydrogen) atoms. The van der Waals surface area contributed by atoms with E-state index in [4.69, 9.17) is 9.15 Å². The van der Waals surface area contributed by atoms with Crippen LogP contribution in [0.25, 0.3) is 11.1 Å². The second-order valence-corrected chi connectivity index (χ2v) is 7.30. The lowest BCUT2D eigenvalue weighted by atomic mass is 10.1. The van der Waals surface area contributed by atoms with E-state index in [0.717, 1.165) is 24.0 Å². The first-order chi connectivity index (χ1) is 13.6. The summed E-state index contributed by atoms with van der Waals surface area (Å²) < 4.78 is 12.7. The monoisotopic (exact) mass is 380 g/mol. The highest BCUT2D eigenvalue weighted by molar-refractivity contribution is 5.80. The van der Waals surface area contributed by atoms with Crippen LogP contribution in [0.1, 0.15) is 24.0 Å². The number of piperidine rings is 1. The minimum absolute atomic E-state index is 0.00479. The number of rotatable bonds is 5. The van der Waals surface area contributed by atoms with Gasteiger partial charge in [-0.15, -0.1) is 0 Å². The molecule has 0 bridgehead atoms. The van der Waals surface area contributed by atoms with Crippen molar-refractivity contribution in [2.75, 3.05) is 13.1 Å². The van der Waals surface area contributed by atoms with Crippen LogP contribution in [-0.2, 0) is 22.7 Å². The maximum absolute atomic E-state index is 12.7. The van der Waals surface area contributed by atoms with Gasteiger partial charge in [0.2, 0.25) is 5.91 Å². The fraction of sp³-hybridized carbons (Fsp3) is 0.364. The highest BCUT2D eigenvalue weighted by Gasteiger charge is 2.24. The Bertz CT molecular complexity index is 1010. The summed E-state index contributed by atoms with van der Waals surface area (Å²) in [5.74, 6) is -0.553. The van der Waals surface area contributed by atoms with E-state index >= 15 is 0 Å². The number of hydrogen-bond donors (Lipinski definition) is 0. The van der Waals surface area contributed by atoms with Crippen molar-refractivity contribution in [3.8, 4) is 0 Å². The first kappa shape index (κ1) is 18.5. The predicted octanol–water partition coefficient (Wildman–Crippen LogP) is 3.11. The van der Waals surface area contributed by atoms with Crippen molar-refractivity contribution in [1.29, 1.82) is 0 Å². The number of aromatic nitrogens is 1. The molecule has 1 aliphatic heterocycles. The molecule has 1 aromatic heterocycles. The highest BCUT2D eigenvalue weighted by Crippen LogP contribution is 2.18. The van der Waals surface area contributed by atoms with Crippen LogP contribution in [0.15, 0.2) is 57.7 Å². The number of amides is 1. The molecule has 1 aliphatic rings. The number of fused-ring (bicyclic) bond motifs is 1. The third-order valence-corrected chi connectivity index (χ3v) is 5.24. The van der Waals surface area contributed by atoms with E-state index in [1.165, 1.54) is 4.57 Å². The normalized spacial score (nSPS) is 15.2. The maximum Gasteiger partial charge on any atom is 0.420 e. The molecule has 2 aromatic carbocycles. The van der Waals surface area contributed by atoms with Crippen molar-refractivity contribution in [1.82, 2.24) is 9.47 Å². The second-order valence-electron chi connectivity index (χ2n) is 7.30. The summed E-state index contributed by atoms with van der Waals surface area (Å²) in [6, 6.07) is 15.6. The second kappa shape index (κ2) is 8.02. The maximum atomic E-state index is 12.7. The molecule has 6 nitrogen and oxygen atoms in total. The van der Waals surface area contributed by atoms with Crippen molar-refractivity contribution in [3.63, 3.8) is 0 Å². The average Bonchev–Trinajstić information content (AvgIpc) is 3.02. The molecule has 6 heteroatoms. The summed E-state index contributed by atoms with van der Waals surface area (Å²) in [5, 5.41) is 0. The van der Waals surface area contributed by atoms with Gasteiger partial charge in [0, 0.05) is 13.1 Å². The molecule has 0 unspecified atom stereocenters. The zero-order chi connectivity index (χ0) is 19.5. The van der Waals surface area contributed by atoms with Gasteiger partial charge in [0.1, 0.15) is 6.54 Å². The molecule has 2 heterocycles. The highest BCUT2D eigenvalue weighted by atomic mass is 16.5. The molecule has 1 amide bonds. The van der Waals surface area contributed by atoms with Crippen LogP contribution in [0.4, 0.5) is 0 Å². The third kappa shape index (κ3) is 4.02. The number of carbonyl (C=O) groups excluding carboxylic acids is 1. The van der Waals surface area contributed by atoms with Gasteiger partial charge in [0.15, 0.2) is 5.58 Å². The van der Waals surface area contributed by atoms with Gasteiger partial charge >= 0.3 is 5.76 Å². The molecule has 0 aliphatic carbocycles. The number of ether oxygens (including phenoxy) is 1. The van der Waals surface area contributed by atoms with Crippen LogP contribution in [0.3, 0.4) is 0 Å². The molecule has 0 N–H and O–H groups in total. The number of aryl methyl sites for hydroxylation is 1. The topological polar surface area (TPSA) is 64.7 Å². The quantitative estimate of drug-likeness (QED) is 0.682. The Morgan fingerprint density at radius 2 is 1.89 bits per heavy atom. The predicted molar refractivity (Wildman–Crippen MR) is 106 cm³/mol. The molecule has 4 rings (SSSR count). The van der Waals surface area contributed by atoms with Crippen LogP contribution in [-0.4, -0.2) is 34.6 Å². The Morgan fingerprint density at radius 1 is 1.14 bits per heavy atom. The van der Waals surface area contributed by atoms with E-state index in [2.05, 4.69) is 0 Å². The Morgan fingerprint density at radius 3 is 2.64 bits per heavy atom. The minimum Gasteiger partial charge on any atom is -0.408 e. The number of carbonyl (C=O) groups is 1. The minimum atomic E-state index is -0.491. The zero-order valence-electron chi connectivity index (χ0n) is 16.0. The summed E-state index contributed by atoms with van der Waals surface area (Å²) in [5.41, 5.74) is 3.35. The molecule has 1 saturated heterocycles. The molecule has 3 aromatic rings. The lowest BCUT2D eigenvalue weighted by Crippen LogP contribution is -2.43. The lowest BCUT2D eigenvalue weighted by Gasteiger charge is -2.32. The summed E-state index contributed by atoms with van der Waals surface area (Å²) in [6.07, 6.45) is 1.77. The molecule has 1 fully saturated rings. The smallest absolute Gasteiger partial charge is 0.408 e. The van der Waals surface area contributed by atoms with Gasteiger partial charge in [-0.2, -0.15) is 0 Å².